The van der Waals surface area contributed by atoms with E-state index in [1.165, 1.54) is 0 Å². The Morgan fingerprint density at radius 1 is 1.26 bits per heavy atom. The van der Waals surface area contributed by atoms with E-state index in [4.69, 9.17) is 20.7 Å². The van der Waals surface area contributed by atoms with Gasteiger partial charge in [-0.25, -0.2) is 0 Å². The minimum absolute atomic E-state index is 0.344. The van der Waals surface area contributed by atoms with Crippen LogP contribution in [0.3, 0.4) is 0 Å². The maximum absolute atomic E-state index is 10.1. The lowest BCUT2D eigenvalue weighted by Gasteiger charge is -2.37. The van der Waals surface area contributed by atoms with Gasteiger partial charge in [-0.3, -0.25) is 0 Å². The number of hydrogen-bond donors (Lipinski definition) is 1. The first-order valence-electron chi connectivity index (χ1n) is 6.23. The summed E-state index contributed by atoms with van der Waals surface area (Å²) in [6, 6.07) is 5.62. The minimum atomic E-state index is -0.931. The maximum atomic E-state index is 10.1. The van der Waals surface area contributed by atoms with Crippen LogP contribution in [0.2, 0.25) is 5.02 Å². The summed E-state index contributed by atoms with van der Waals surface area (Å²) < 4.78 is 11.1. The van der Waals surface area contributed by atoms with Crippen LogP contribution in [-0.4, -0.2) is 23.8 Å². The van der Waals surface area contributed by atoms with Gasteiger partial charge in [-0.15, -0.1) is 0 Å². The molecule has 5 heteroatoms. The second-order valence-corrected chi connectivity index (χ2v) is 6.17. The molecule has 0 aliphatic heterocycles. The van der Waals surface area contributed by atoms with Gasteiger partial charge in [0.15, 0.2) is 0 Å². The van der Waals surface area contributed by atoms with E-state index < -0.39 is 11.2 Å². The highest BCUT2D eigenvalue weighted by atomic mass is 35.5. The molecule has 0 spiro atoms. The topological polar surface area (TPSA) is 42.6 Å². The molecule has 1 aromatic heterocycles. The van der Waals surface area contributed by atoms with Gasteiger partial charge in [-0.2, -0.15) is 0 Å². The minimum Gasteiger partial charge on any atom is -0.464 e. The van der Waals surface area contributed by atoms with Crippen molar-refractivity contribution in [2.75, 3.05) is 0 Å². The molecule has 0 aliphatic carbocycles. The zero-order valence-electron chi connectivity index (χ0n) is 11.7. The zero-order chi connectivity index (χ0) is 14.3. The summed E-state index contributed by atoms with van der Waals surface area (Å²) in [6.07, 6.45) is 1.63. The number of hydrogen-bond acceptors (Lipinski definition) is 3. The normalized spacial score (nSPS) is 12.9. The third-order valence-corrected chi connectivity index (χ3v) is 4.04. The second-order valence-electron chi connectivity index (χ2n) is 5.76. The first kappa shape index (κ1) is 14.4. The van der Waals surface area contributed by atoms with Crippen LogP contribution in [0.4, 0.5) is 0 Å². The molecule has 0 radical (unpaired) electrons. The Morgan fingerprint density at radius 2 is 1.95 bits per heavy atom. The third-order valence-electron chi connectivity index (χ3n) is 3.68. The fourth-order valence-corrected chi connectivity index (χ4v) is 1.79. The molecule has 1 aromatic carbocycles. The highest BCUT2D eigenvalue weighted by molar-refractivity contribution is 6.54. The maximum Gasteiger partial charge on any atom is 0.310 e. The van der Waals surface area contributed by atoms with E-state index in [1.807, 2.05) is 26.0 Å². The molecule has 19 heavy (non-hydrogen) atoms. The lowest BCUT2D eigenvalue weighted by molar-refractivity contribution is -0.0893. The largest absolute Gasteiger partial charge is 0.464 e. The monoisotopic (exact) mass is 280 g/mol. The predicted molar refractivity (Wildman–Crippen MR) is 79.5 cm³/mol. The Morgan fingerprint density at radius 3 is 2.58 bits per heavy atom. The molecule has 0 aliphatic rings. The van der Waals surface area contributed by atoms with Crippen molar-refractivity contribution in [3.63, 3.8) is 0 Å². The van der Waals surface area contributed by atoms with Crippen LogP contribution in [0.15, 0.2) is 28.9 Å². The Labute approximate surface area is 118 Å². The molecule has 0 saturated heterocycles. The van der Waals surface area contributed by atoms with Crippen LogP contribution < -0.4 is 5.46 Å². The van der Waals surface area contributed by atoms with Crippen LogP contribution >= 0.6 is 11.6 Å². The van der Waals surface area contributed by atoms with Crippen molar-refractivity contribution in [2.24, 2.45) is 0 Å². The van der Waals surface area contributed by atoms with Crippen LogP contribution in [0.5, 0.6) is 0 Å². The first-order chi connectivity index (χ1) is 8.71. The second kappa shape index (κ2) is 4.86. The molecule has 0 saturated carbocycles. The van der Waals surface area contributed by atoms with Gasteiger partial charge in [0.05, 0.1) is 17.5 Å². The summed E-state index contributed by atoms with van der Waals surface area (Å²) >= 11 is 6.20. The van der Waals surface area contributed by atoms with Gasteiger partial charge in [-0.05, 0) is 45.3 Å². The number of aliphatic hydroxyl groups is 1. The molecule has 1 N–H and O–H groups in total. The van der Waals surface area contributed by atoms with E-state index in [0.29, 0.717) is 12.5 Å². The number of rotatable bonds is 4. The predicted octanol–water partition coefficient (Wildman–Crippen LogP) is 2.63. The Hall–Kier alpha value is -0.965. The van der Waals surface area contributed by atoms with Crippen LogP contribution in [-0.2, 0) is 4.65 Å². The van der Waals surface area contributed by atoms with Crippen molar-refractivity contribution < 1.29 is 14.2 Å². The molecule has 2 rings (SSSR count). The van der Waals surface area contributed by atoms with Gasteiger partial charge in [0.1, 0.15) is 5.58 Å². The highest BCUT2D eigenvalue weighted by Crippen LogP contribution is 2.25. The number of furan rings is 1. The number of halogens is 1. The molecule has 102 valence electrons. The van der Waals surface area contributed by atoms with Crippen molar-refractivity contribution >= 4 is 35.5 Å². The standard InChI is InChI=1S/C14H18BClO3/c1-13(2,17)14(3,4)19-15-10-7-9-5-6-18-12(9)8-11(10)16/h5-8,15,17H,1-4H3. The molecular formula is C14H18BClO3. The van der Waals surface area contributed by atoms with E-state index in [-0.39, 0.29) is 0 Å². The zero-order valence-corrected chi connectivity index (χ0v) is 12.4. The van der Waals surface area contributed by atoms with Gasteiger partial charge in [0, 0.05) is 10.4 Å². The average molecular weight is 281 g/mol. The molecule has 2 aromatic rings. The number of fused-ring (bicyclic) bond motifs is 1. The molecule has 1 heterocycles. The van der Waals surface area contributed by atoms with Crippen LogP contribution in [0.1, 0.15) is 27.7 Å². The van der Waals surface area contributed by atoms with Crippen molar-refractivity contribution in [1.82, 2.24) is 0 Å². The molecule has 0 fully saturated rings. The Balaban J connectivity index is 2.20. The molecule has 0 amide bonds. The van der Waals surface area contributed by atoms with Crippen LogP contribution in [0.25, 0.3) is 11.0 Å². The van der Waals surface area contributed by atoms with E-state index in [1.54, 1.807) is 26.2 Å². The van der Waals surface area contributed by atoms with Gasteiger partial charge >= 0.3 is 7.48 Å². The van der Waals surface area contributed by atoms with Gasteiger partial charge in [0.25, 0.3) is 0 Å². The Bertz CT molecular complexity index is 584. The van der Waals surface area contributed by atoms with E-state index in [0.717, 1.165) is 16.4 Å². The summed E-state index contributed by atoms with van der Waals surface area (Å²) in [5, 5.41) is 11.7. The highest BCUT2D eigenvalue weighted by Gasteiger charge is 2.35. The molecule has 3 nitrogen and oxygen atoms in total. The smallest absolute Gasteiger partial charge is 0.310 e. The fraction of sp³-hybridized carbons (Fsp3) is 0.429. The summed E-state index contributed by atoms with van der Waals surface area (Å²) in [5.74, 6) is 0. The molecule has 0 bridgehead atoms. The van der Waals surface area contributed by atoms with Crippen LogP contribution in [0, 0.1) is 0 Å². The lowest BCUT2D eigenvalue weighted by atomic mass is 9.82. The quantitative estimate of drug-likeness (QED) is 0.876. The molecule has 0 unspecified atom stereocenters. The van der Waals surface area contributed by atoms with Gasteiger partial charge in [0.2, 0.25) is 0 Å². The fourth-order valence-electron chi connectivity index (χ4n) is 1.58. The van der Waals surface area contributed by atoms with Crippen molar-refractivity contribution in [3.05, 3.63) is 29.5 Å². The summed E-state index contributed by atoms with van der Waals surface area (Å²) in [7, 11) is 0.344. The third kappa shape index (κ3) is 2.97. The average Bonchev–Trinajstić information content (AvgIpc) is 2.71. The van der Waals surface area contributed by atoms with E-state index in [2.05, 4.69) is 0 Å². The number of benzene rings is 1. The summed E-state index contributed by atoms with van der Waals surface area (Å²) in [5.41, 5.74) is 0.0457. The lowest BCUT2D eigenvalue weighted by Crippen LogP contribution is -2.49. The van der Waals surface area contributed by atoms with Crippen molar-refractivity contribution in [3.8, 4) is 0 Å². The Kier molecular flexibility index (Phi) is 3.69. The van der Waals surface area contributed by atoms with Gasteiger partial charge < -0.3 is 14.2 Å². The van der Waals surface area contributed by atoms with Crippen molar-refractivity contribution in [2.45, 2.75) is 38.9 Å². The SMILES string of the molecule is CC(C)(O)C(C)(C)OBc1cc2ccoc2cc1Cl. The first-order valence-corrected chi connectivity index (χ1v) is 6.60. The van der Waals surface area contributed by atoms with E-state index >= 15 is 0 Å². The summed E-state index contributed by atoms with van der Waals surface area (Å²) in [4.78, 5) is 0. The van der Waals surface area contributed by atoms with E-state index in [9.17, 15) is 5.11 Å². The summed E-state index contributed by atoms with van der Waals surface area (Å²) in [6.45, 7) is 7.18. The van der Waals surface area contributed by atoms with Gasteiger partial charge in [-0.1, -0.05) is 17.7 Å². The van der Waals surface area contributed by atoms with Crippen molar-refractivity contribution in [1.29, 1.82) is 0 Å². The molecular weight excluding hydrogens is 262 g/mol. The molecule has 0 atom stereocenters.